The number of alkyl halides is 3. The lowest BCUT2D eigenvalue weighted by Gasteiger charge is -2.28. The van der Waals surface area contributed by atoms with Crippen LogP contribution in [0.2, 0.25) is 0 Å². The Labute approximate surface area is 125 Å². The molecule has 1 unspecified atom stereocenters. The molecule has 1 aromatic rings. The number of halogens is 3. The fraction of sp³-hybridized carbons (Fsp3) is 0.625. The molecule has 0 aliphatic carbocycles. The number of hydrogen-bond acceptors (Lipinski definition) is 2. The van der Waals surface area contributed by atoms with Gasteiger partial charge in [-0.1, -0.05) is 38.1 Å². The van der Waals surface area contributed by atoms with Gasteiger partial charge in [0.1, 0.15) is 0 Å². The van der Waals surface area contributed by atoms with Gasteiger partial charge in [0.15, 0.2) is 0 Å². The molecule has 1 N–H and O–H groups in total. The molecule has 0 radical (unpaired) electrons. The van der Waals surface area contributed by atoms with Gasteiger partial charge in [0.25, 0.3) is 0 Å². The average Bonchev–Trinajstić information content (AvgIpc) is 2.43. The van der Waals surface area contributed by atoms with Crippen molar-refractivity contribution in [1.29, 1.82) is 0 Å². The first-order chi connectivity index (χ1) is 9.89. The van der Waals surface area contributed by atoms with Gasteiger partial charge in [-0.05, 0) is 37.6 Å². The molecular weight excluding hydrogens is 277 g/mol. The van der Waals surface area contributed by atoms with Gasteiger partial charge < -0.3 is 5.32 Å². The van der Waals surface area contributed by atoms with Crippen LogP contribution >= 0.6 is 0 Å². The summed E-state index contributed by atoms with van der Waals surface area (Å²) >= 11 is 0. The third kappa shape index (κ3) is 6.48. The Balaban J connectivity index is 2.76. The minimum Gasteiger partial charge on any atom is -0.312 e. The summed E-state index contributed by atoms with van der Waals surface area (Å²) in [5.41, 5.74) is 2.26. The molecule has 0 saturated carbocycles. The average molecular weight is 302 g/mol. The summed E-state index contributed by atoms with van der Waals surface area (Å²) in [7, 11) is 1.79. The van der Waals surface area contributed by atoms with Crippen molar-refractivity contribution in [3.05, 3.63) is 35.4 Å². The molecular formula is C16H25F3N2. The molecule has 0 amide bonds. The van der Waals surface area contributed by atoms with E-state index in [0.717, 1.165) is 12.0 Å². The van der Waals surface area contributed by atoms with Gasteiger partial charge in [-0.2, -0.15) is 13.2 Å². The van der Waals surface area contributed by atoms with Crippen molar-refractivity contribution in [2.75, 3.05) is 26.7 Å². The molecule has 0 fully saturated rings. The Kier molecular flexibility index (Phi) is 7.18. The summed E-state index contributed by atoms with van der Waals surface area (Å²) in [6.45, 7) is 3.93. The van der Waals surface area contributed by atoms with Crippen LogP contribution in [0.3, 0.4) is 0 Å². The van der Waals surface area contributed by atoms with E-state index in [0.29, 0.717) is 19.5 Å². The standard InChI is InChI=1S/C16H25F3N2/c1-4-10-21(12-16(17,18)19)11-15(20-3)14-8-6-13(5-2)7-9-14/h6-9,15,20H,4-5,10-12H2,1-3H3. The van der Waals surface area contributed by atoms with Crippen molar-refractivity contribution >= 4 is 0 Å². The van der Waals surface area contributed by atoms with Gasteiger partial charge in [0.05, 0.1) is 6.54 Å². The van der Waals surface area contributed by atoms with Crippen LogP contribution in [0, 0.1) is 0 Å². The quantitative estimate of drug-likeness (QED) is 0.786. The highest BCUT2D eigenvalue weighted by Gasteiger charge is 2.31. The molecule has 0 bridgehead atoms. The van der Waals surface area contributed by atoms with Crippen molar-refractivity contribution in [3.63, 3.8) is 0 Å². The minimum absolute atomic E-state index is 0.0928. The predicted molar refractivity (Wildman–Crippen MR) is 80.4 cm³/mol. The highest BCUT2D eigenvalue weighted by molar-refractivity contribution is 5.25. The second-order valence-electron chi connectivity index (χ2n) is 5.29. The molecule has 5 heteroatoms. The molecule has 2 nitrogen and oxygen atoms in total. The maximum absolute atomic E-state index is 12.6. The van der Waals surface area contributed by atoms with Gasteiger partial charge in [-0.15, -0.1) is 0 Å². The first-order valence-corrected chi connectivity index (χ1v) is 7.44. The number of rotatable bonds is 8. The lowest BCUT2D eigenvalue weighted by molar-refractivity contribution is -0.146. The smallest absolute Gasteiger partial charge is 0.312 e. The molecule has 0 aromatic heterocycles. The molecule has 0 saturated heterocycles. The van der Waals surface area contributed by atoms with Crippen LogP contribution in [0.1, 0.15) is 37.4 Å². The fourth-order valence-corrected chi connectivity index (χ4v) is 2.41. The number of likely N-dealkylation sites (N-methyl/N-ethyl adjacent to an activating group) is 1. The van der Waals surface area contributed by atoms with E-state index in [1.54, 1.807) is 7.05 Å². The second-order valence-corrected chi connectivity index (χ2v) is 5.29. The van der Waals surface area contributed by atoms with E-state index in [1.165, 1.54) is 10.5 Å². The summed E-state index contributed by atoms with van der Waals surface area (Å²) in [5.74, 6) is 0. The maximum Gasteiger partial charge on any atom is 0.401 e. The highest BCUT2D eigenvalue weighted by Crippen LogP contribution is 2.20. The van der Waals surface area contributed by atoms with Crippen molar-refractivity contribution < 1.29 is 13.2 Å². The zero-order valence-corrected chi connectivity index (χ0v) is 13.0. The van der Waals surface area contributed by atoms with Crippen molar-refractivity contribution in [3.8, 4) is 0 Å². The Morgan fingerprint density at radius 1 is 1.14 bits per heavy atom. The fourth-order valence-electron chi connectivity index (χ4n) is 2.41. The Morgan fingerprint density at radius 2 is 1.76 bits per heavy atom. The zero-order chi connectivity index (χ0) is 15.9. The zero-order valence-electron chi connectivity index (χ0n) is 13.0. The third-order valence-electron chi connectivity index (χ3n) is 3.52. The van der Waals surface area contributed by atoms with E-state index in [4.69, 9.17) is 0 Å². The summed E-state index contributed by atoms with van der Waals surface area (Å²) in [4.78, 5) is 1.47. The number of benzene rings is 1. The molecule has 120 valence electrons. The van der Waals surface area contributed by atoms with Crippen LogP contribution in [0.25, 0.3) is 0 Å². The second kappa shape index (κ2) is 8.39. The van der Waals surface area contributed by atoms with Gasteiger partial charge in [0, 0.05) is 12.6 Å². The molecule has 1 atom stereocenters. The van der Waals surface area contributed by atoms with E-state index in [1.807, 2.05) is 31.2 Å². The van der Waals surface area contributed by atoms with E-state index in [2.05, 4.69) is 12.2 Å². The van der Waals surface area contributed by atoms with E-state index in [9.17, 15) is 13.2 Å². The van der Waals surface area contributed by atoms with Gasteiger partial charge in [-0.3, -0.25) is 4.90 Å². The van der Waals surface area contributed by atoms with Gasteiger partial charge >= 0.3 is 6.18 Å². The first-order valence-electron chi connectivity index (χ1n) is 7.44. The van der Waals surface area contributed by atoms with Gasteiger partial charge in [-0.25, -0.2) is 0 Å². The molecule has 21 heavy (non-hydrogen) atoms. The molecule has 0 aliphatic rings. The van der Waals surface area contributed by atoms with Crippen LogP contribution in [0.4, 0.5) is 13.2 Å². The molecule has 0 heterocycles. The SMILES string of the molecule is CCCN(CC(NC)c1ccc(CC)cc1)CC(F)(F)F. The summed E-state index contributed by atoms with van der Waals surface area (Å²) in [5, 5.41) is 3.12. The van der Waals surface area contributed by atoms with Crippen molar-refractivity contribution in [2.24, 2.45) is 0 Å². The van der Waals surface area contributed by atoms with Crippen LogP contribution in [0.15, 0.2) is 24.3 Å². The number of nitrogens with one attached hydrogen (secondary N) is 1. The van der Waals surface area contributed by atoms with Crippen LogP contribution < -0.4 is 5.32 Å². The third-order valence-corrected chi connectivity index (χ3v) is 3.52. The predicted octanol–water partition coefficient (Wildman–Crippen LogP) is 3.78. The number of nitrogens with zero attached hydrogens (tertiary/aromatic N) is 1. The summed E-state index contributed by atoms with van der Waals surface area (Å²) in [6, 6.07) is 7.97. The molecule has 0 aliphatic heterocycles. The van der Waals surface area contributed by atoms with Crippen LogP contribution in [-0.2, 0) is 6.42 Å². The first kappa shape index (κ1) is 18.0. The van der Waals surface area contributed by atoms with Crippen LogP contribution in [-0.4, -0.2) is 37.8 Å². The largest absolute Gasteiger partial charge is 0.401 e. The van der Waals surface area contributed by atoms with E-state index < -0.39 is 12.7 Å². The molecule has 0 spiro atoms. The lowest BCUT2D eigenvalue weighted by atomic mass is 10.0. The van der Waals surface area contributed by atoms with E-state index >= 15 is 0 Å². The lowest BCUT2D eigenvalue weighted by Crippen LogP contribution is -2.40. The molecule has 1 rings (SSSR count). The Hall–Kier alpha value is -1.07. The van der Waals surface area contributed by atoms with Crippen molar-refractivity contribution in [1.82, 2.24) is 10.2 Å². The Bertz CT molecular complexity index is 401. The normalized spacial score (nSPS) is 13.7. The number of hydrogen-bond donors (Lipinski definition) is 1. The highest BCUT2D eigenvalue weighted by atomic mass is 19.4. The minimum atomic E-state index is -4.15. The molecule has 1 aromatic carbocycles. The topological polar surface area (TPSA) is 15.3 Å². The van der Waals surface area contributed by atoms with Crippen LogP contribution in [0.5, 0.6) is 0 Å². The summed E-state index contributed by atoms with van der Waals surface area (Å²) < 4.78 is 37.9. The Morgan fingerprint density at radius 3 is 2.19 bits per heavy atom. The maximum atomic E-state index is 12.6. The monoisotopic (exact) mass is 302 g/mol. The van der Waals surface area contributed by atoms with E-state index in [-0.39, 0.29) is 6.04 Å². The summed E-state index contributed by atoms with van der Waals surface area (Å²) in [6.07, 6.45) is -2.48. The number of aryl methyl sites for hydroxylation is 1. The van der Waals surface area contributed by atoms with Crippen molar-refractivity contribution in [2.45, 2.75) is 38.9 Å². The van der Waals surface area contributed by atoms with Gasteiger partial charge in [0.2, 0.25) is 0 Å².